The number of rotatable bonds is 1. The van der Waals surface area contributed by atoms with Crippen molar-refractivity contribution in [2.75, 3.05) is 6.61 Å². The Morgan fingerprint density at radius 3 is 2.23 bits per heavy atom. The van der Waals surface area contributed by atoms with Gasteiger partial charge in [-0.05, 0) is 6.92 Å². The molecule has 13 heavy (non-hydrogen) atoms. The summed E-state index contributed by atoms with van der Waals surface area (Å²) in [6.07, 6.45) is -5.61. The molecule has 0 radical (unpaired) electrons. The monoisotopic (exact) mass is 194 g/mol. The molecule has 0 bridgehead atoms. The van der Waals surface area contributed by atoms with Crippen molar-refractivity contribution < 1.29 is 30.3 Å². The zero-order valence-electron chi connectivity index (χ0n) is 7.16. The van der Waals surface area contributed by atoms with Gasteiger partial charge in [-0.15, -0.1) is 0 Å². The Balaban J connectivity index is 2.79. The van der Waals surface area contributed by atoms with E-state index in [1.165, 1.54) is 0 Å². The third-order valence-corrected chi connectivity index (χ3v) is 2.17. The molecular formula is C7H14O6. The minimum Gasteiger partial charge on any atom is -0.394 e. The molecule has 0 aliphatic carbocycles. The summed E-state index contributed by atoms with van der Waals surface area (Å²) < 4.78 is 4.76. The molecule has 1 rings (SSSR count). The number of hydrogen-bond acceptors (Lipinski definition) is 6. The smallest absolute Gasteiger partial charge is 0.192 e. The van der Waals surface area contributed by atoms with Crippen molar-refractivity contribution in [1.82, 2.24) is 0 Å². The Labute approximate surface area is 75.0 Å². The van der Waals surface area contributed by atoms with E-state index in [0.29, 0.717) is 0 Å². The van der Waals surface area contributed by atoms with Crippen molar-refractivity contribution in [2.45, 2.75) is 37.1 Å². The van der Waals surface area contributed by atoms with Crippen LogP contribution >= 0.6 is 0 Å². The van der Waals surface area contributed by atoms with Crippen LogP contribution in [0.4, 0.5) is 0 Å². The molecule has 1 fully saturated rings. The molecular weight excluding hydrogens is 180 g/mol. The minimum absolute atomic E-state index is 0.541. The molecule has 1 aliphatic rings. The van der Waals surface area contributed by atoms with Gasteiger partial charge in [-0.25, -0.2) is 0 Å². The first-order chi connectivity index (χ1) is 5.90. The lowest BCUT2D eigenvalue weighted by atomic mass is 9.94. The lowest BCUT2D eigenvalue weighted by Crippen LogP contribution is -2.63. The first kappa shape index (κ1) is 10.8. The van der Waals surface area contributed by atoms with Crippen LogP contribution in [0.3, 0.4) is 0 Å². The first-order valence-electron chi connectivity index (χ1n) is 3.95. The molecule has 0 amide bonds. The van der Waals surface area contributed by atoms with Gasteiger partial charge in [-0.1, -0.05) is 0 Å². The fraction of sp³-hybridized carbons (Fsp3) is 1.00. The average Bonchev–Trinajstić information content (AvgIpc) is 2.08. The molecule has 0 aromatic carbocycles. The highest BCUT2D eigenvalue weighted by molar-refractivity contribution is 4.93. The van der Waals surface area contributed by atoms with Crippen molar-refractivity contribution in [3.63, 3.8) is 0 Å². The normalized spacial score (nSPS) is 52.2. The van der Waals surface area contributed by atoms with Gasteiger partial charge in [-0.2, -0.15) is 0 Å². The van der Waals surface area contributed by atoms with E-state index >= 15 is 0 Å². The van der Waals surface area contributed by atoms with E-state index in [1.54, 1.807) is 0 Å². The second kappa shape index (κ2) is 3.49. The van der Waals surface area contributed by atoms with Crippen LogP contribution < -0.4 is 0 Å². The Kier molecular flexibility index (Phi) is 2.91. The van der Waals surface area contributed by atoms with Crippen LogP contribution in [0.1, 0.15) is 6.92 Å². The van der Waals surface area contributed by atoms with Crippen molar-refractivity contribution in [2.24, 2.45) is 0 Å². The van der Waals surface area contributed by atoms with E-state index in [9.17, 15) is 20.4 Å². The van der Waals surface area contributed by atoms with Gasteiger partial charge < -0.3 is 30.3 Å². The second-order valence-corrected chi connectivity index (χ2v) is 3.32. The number of hydrogen-bond donors (Lipinski definition) is 5. The predicted octanol–water partition coefficient (Wildman–Crippen LogP) is -2.83. The molecule has 1 saturated heterocycles. The molecule has 0 saturated carbocycles. The maximum atomic E-state index is 9.38. The van der Waals surface area contributed by atoms with Gasteiger partial charge >= 0.3 is 0 Å². The SMILES string of the molecule is C[C@]1(O)O[C@H](CO)[C@H](O)[C@H](O)[C@H]1O. The van der Waals surface area contributed by atoms with Crippen LogP contribution in [0.25, 0.3) is 0 Å². The van der Waals surface area contributed by atoms with Crippen LogP contribution in [-0.4, -0.2) is 62.3 Å². The standard InChI is InChI=1S/C7H14O6/c1-7(12)6(11)5(10)4(9)3(2-8)13-7/h3-6,8-12H,2H2,1H3/t3-,4+,5+,6-,7+/m1/s1. The molecule has 0 aromatic rings. The van der Waals surface area contributed by atoms with Gasteiger partial charge in [0.15, 0.2) is 5.79 Å². The van der Waals surface area contributed by atoms with E-state index in [0.717, 1.165) is 6.92 Å². The zero-order chi connectivity index (χ0) is 10.2. The highest BCUT2D eigenvalue weighted by atomic mass is 16.7. The van der Waals surface area contributed by atoms with Crippen LogP contribution in [0.15, 0.2) is 0 Å². The highest BCUT2D eigenvalue weighted by Crippen LogP contribution is 2.27. The lowest BCUT2D eigenvalue weighted by Gasteiger charge is -2.43. The summed E-state index contributed by atoms with van der Waals surface area (Å²) in [5.74, 6) is -1.95. The summed E-state index contributed by atoms with van der Waals surface area (Å²) in [6, 6.07) is 0. The summed E-state index contributed by atoms with van der Waals surface area (Å²) in [7, 11) is 0. The molecule has 1 aliphatic heterocycles. The molecule has 5 atom stereocenters. The van der Waals surface area contributed by atoms with Gasteiger partial charge in [0.05, 0.1) is 6.61 Å². The van der Waals surface area contributed by atoms with E-state index in [2.05, 4.69) is 0 Å². The van der Waals surface area contributed by atoms with Crippen molar-refractivity contribution in [1.29, 1.82) is 0 Å². The quantitative estimate of drug-likeness (QED) is 0.308. The highest BCUT2D eigenvalue weighted by Gasteiger charge is 2.49. The number of aliphatic hydroxyl groups is 5. The predicted molar refractivity (Wildman–Crippen MR) is 40.6 cm³/mol. The Morgan fingerprint density at radius 2 is 1.77 bits per heavy atom. The molecule has 5 N–H and O–H groups in total. The summed E-state index contributed by atoms with van der Waals surface area (Å²) in [6.45, 7) is 0.608. The molecule has 0 spiro atoms. The summed E-state index contributed by atoms with van der Waals surface area (Å²) in [5, 5.41) is 45.8. The third kappa shape index (κ3) is 1.83. The summed E-state index contributed by atoms with van der Waals surface area (Å²) in [5.41, 5.74) is 0. The van der Waals surface area contributed by atoms with Gasteiger partial charge in [0.2, 0.25) is 0 Å². The lowest BCUT2D eigenvalue weighted by molar-refractivity contribution is -0.341. The molecule has 6 nitrogen and oxygen atoms in total. The first-order valence-corrected chi connectivity index (χ1v) is 3.95. The molecule has 78 valence electrons. The molecule has 6 heteroatoms. The maximum absolute atomic E-state index is 9.38. The summed E-state index contributed by atoms with van der Waals surface area (Å²) >= 11 is 0. The third-order valence-electron chi connectivity index (χ3n) is 2.17. The Morgan fingerprint density at radius 1 is 1.23 bits per heavy atom. The second-order valence-electron chi connectivity index (χ2n) is 3.32. The van der Waals surface area contributed by atoms with E-state index < -0.39 is 36.8 Å². The van der Waals surface area contributed by atoms with E-state index in [4.69, 9.17) is 9.84 Å². The van der Waals surface area contributed by atoms with E-state index in [1.807, 2.05) is 0 Å². The topological polar surface area (TPSA) is 110 Å². The summed E-state index contributed by atoms with van der Waals surface area (Å²) in [4.78, 5) is 0. The van der Waals surface area contributed by atoms with Crippen LogP contribution in [-0.2, 0) is 4.74 Å². The molecule has 0 aromatic heterocycles. The Bertz CT molecular complexity index is 180. The Hall–Kier alpha value is -0.240. The maximum Gasteiger partial charge on any atom is 0.192 e. The van der Waals surface area contributed by atoms with Gasteiger partial charge in [0, 0.05) is 0 Å². The van der Waals surface area contributed by atoms with Crippen molar-refractivity contribution in [3.8, 4) is 0 Å². The van der Waals surface area contributed by atoms with Crippen molar-refractivity contribution >= 4 is 0 Å². The number of ether oxygens (including phenoxy) is 1. The van der Waals surface area contributed by atoms with Crippen molar-refractivity contribution in [3.05, 3.63) is 0 Å². The fourth-order valence-corrected chi connectivity index (χ4v) is 1.31. The van der Waals surface area contributed by atoms with Gasteiger partial charge in [0.1, 0.15) is 24.4 Å². The minimum atomic E-state index is -1.95. The van der Waals surface area contributed by atoms with Crippen LogP contribution in [0.2, 0.25) is 0 Å². The van der Waals surface area contributed by atoms with Crippen LogP contribution in [0.5, 0.6) is 0 Å². The number of aliphatic hydroxyl groups excluding tert-OH is 4. The van der Waals surface area contributed by atoms with E-state index in [-0.39, 0.29) is 0 Å². The van der Waals surface area contributed by atoms with Gasteiger partial charge in [-0.3, -0.25) is 0 Å². The largest absolute Gasteiger partial charge is 0.394 e. The average molecular weight is 194 g/mol. The van der Waals surface area contributed by atoms with Crippen LogP contribution in [0, 0.1) is 0 Å². The van der Waals surface area contributed by atoms with Gasteiger partial charge in [0.25, 0.3) is 0 Å². The zero-order valence-corrected chi connectivity index (χ0v) is 7.16. The fourth-order valence-electron chi connectivity index (χ4n) is 1.31. The molecule has 0 unspecified atom stereocenters. The molecule has 1 heterocycles.